The number of aromatic nitrogens is 4. The number of piperazine rings is 1. The van der Waals surface area contributed by atoms with Crippen LogP contribution in [0.4, 0.5) is 8.78 Å². The third-order valence-electron chi connectivity index (χ3n) is 7.65. The lowest BCUT2D eigenvalue weighted by Gasteiger charge is -2.39. The standard InChI is InChI=1S/C29H29ClF2N6O/c30-21-5-8-28-24(15-21)23-3-1-2-4-27(23)38(28)14-13-35-9-11-36(12-10-35)17-29(39,18-37-20-33-19-34-37)25-7-6-22(31)16-26(25)32/h1-8,15-16,19-20,39H,9-14,17-18H2. The second kappa shape index (κ2) is 10.7. The number of halogens is 3. The topological polar surface area (TPSA) is 62.4 Å². The zero-order chi connectivity index (χ0) is 27.0. The molecule has 1 unspecified atom stereocenters. The second-order valence-electron chi connectivity index (χ2n) is 10.2. The second-order valence-corrected chi connectivity index (χ2v) is 10.6. The summed E-state index contributed by atoms with van der Waals surface area (Å²) in [5.41, 5.74) is 0.803. The molecule has 0 radical (unpaired) electrons. The number of rotatable bonds is 8. The molecule has 10 heteroatoms. The van der Waals surface area contributed by atoms with E-state index in [0.717, 1.165) is 42.7 Å². The third kappa shape index (κ3) is 5.27. The molecule has 1 N–H and O–H groups in total. The van der Waals surface area contributed by atoms with Gasteiger partial charge in [0, 0.05) is 84.3 Å². The maximum atomic E-state index is 14.8. The van der Waals surface area contributed by atoms with Crippen LogP contribution < -0.4 is 0 Å². The zero-order valence-corrected chi connectivity index (χ0v) is 22.1. The van der Waals surface area contributed by atoms with Gasteiger partial charge in [-0.25, -0.2) is 18.4 Å². The lowest BCUT2D eigenvalue weighted by molar-refractivity contribution is -0.0319. The van der Waals surface area contributed by atoms with Crippen LogP contribution in [0.15, 0.2) is 73.3 Å². The molecule has 1 aliphatic rings. The van der Waals surface area contributed by atoms with E-state index in [2.05, 4.69) is 48.7 Å². The average molecular weight is 551 g/mol. The van der Waals surface area contributed by atoms with Crippen LogP contribution in [0.2, 0.25) is 5.02 Å². The summed E-state index contributed by atoms with van der Waals surface area (Å²) < 4.78 is 32.2. The van der Waals surface area contributed by atoms with Crippen LogP contribution in [0, 0.1) is 11.6 Å². The molecule has 0 spiro atoms. The molecular formula is C29H29ClF2N6O. The SMILES string of the molecule is OC(CN1CCN(CCn2c3ccccc3c3cc(Cl)ccc32)CC1)(Cn1cncn1)c1ccc(F)cc1F. The van der Waals surface area contributed by atoms with E-state index in [-0.39, 0.29) is 18.7 Å². The molecule has 39 heavy (non-hydrogen) atoms. The van der Waals surface area contributed by atoms with Crippen LogP contribution in [-0.2, 0) is 18.7 Å². The monoisotopic (exact) mass is 550 g/mol. The lowest BCUT2D eigenvalue weighted by Crippen LogP contribution is -2.52. The first-order chi connectivity index (χ1) is 18.9. The molecule has 6 rings (SSSR count). The Hall–Kier alpha value is -3.37. The smallest absolute Gasteiger partial charge is 0.137 e. The Bertz CT molecular complexity index is 1600. The summed E-state index contributed by atoms with van der Waals surface area (Å²) in [5.74, 6) is -1.46. The van der Waals surface area contributed by atoms with Crippen molar-refractivity contribution in [1.29, 1.82) is 0 Å². The van der Waals surface area contributed by atoms with Crippen LogP contribution in [0.5, 0.6) is 0 Å². The van der Waals surface area contributed by atoms with Crippen molar-refractivity contribution in [2.24, 2.45) is 0 Å². The van der Waals surface area contributed by atoms with E-state index in [1.165, 1.54) is 45.9 Å². The van der Waals surface area contributed by atoms with Gasteiger partial charge in [-0.2, -0.15) is 5.10 Å². The number of hydrogen-bond acceptors (Lipinski definition) is 5. The molecular weight excluding hydrogens is 522 g/mol. The lowest BCUT2D eigenvalue weighted by atomic mass is 9.92. The first kappa shape index (κ1) is 25.9. The fraction of sp³-hybridized carbons (Fsp3) is 0.310. The molecule has 3 heterocycles. The Morgan fingerprint density at radius 3 is 2.38 bits per heavy atom. The van der Waals surface area contributed by atoms with Gasteiger partial charge in [0.1, 0.15) is 29.9 Å². The van der Waals surface area contributed by atoms with E-state index in [1.807, 2.05) is 18.2 Å². The van der Waals surface area contributed by atoms with E-state index in [4.69, 9.17) is 11.6 Å². The minimum atomic E-state index is -1.60. The van der Waals surface area contributed by atoms with E-state index >= 15 is 0 Å². The quantitative estimate of drug-likeness (QED) is 0.308. The zero-order valence-electron chi connectivity index (χ0n) is 21.3. The minimum absolute atomic E-state index is 0.00750. The van der Waals surface area contributed by atoms with Crippen molar-refractivity contribution in [1.82, 2.24) is 29.1 Å². The van der Waals surface area contributed by atoms with Crippen molar-refractivity contribution in [3.05, 3.63) is 95.5 Å². The van der Waals surface area contributed by atoms with Crippen molar-refractivity contribution in [2.75, 3.05) is 39.3 Å². The molecule has 7 nitrogen and oxygen atoms in total. The molecule has 3 aromatic carbocycles. The van der Waals surface area contributed by atoms with Gasteiger partial charge in [0.25, 0.3) is 0 Å². The minimum Gasteiger partial charge on any atom is -0.382 e. The van der Waals surface area contributed by atoms with Crippen molar-refractivity contribution >= 4 is 33.4 Å². The molecule has 0 aliphatic carbocycles. The van der Waals surface area contributed by atoms with Gasteiger partial charge in [0.05, 0.1) is 6.54 Å². The predicted molar refractivity (Wildman–Crippen MR) is 148 cm³/mol. The average Bonchev–Trinajstić information content (AvgIpc) is 3.53. The largest absolute Gasteiger partial charge is 0.382 e. The molecule has 0 bridgehead atoms. The molecule has 5 aromatic rings. The van der Waals surface area contributed by atoms with Crippen LogP contribution in [0.1, 0.15) is 5.56 Å². The molecule has 1 fully saturated rings. The van der Waals surface area contributed by atoms with Gasteiger partial charge < -0.3 is 9.67 Å². The summed E-state index contributed by atoms with van der Waals surface area (Å²) in [7, 11) is 0. The van der Waals surface area contributed by atoms with Gasteiger partial charge in [-0.05, 0) is 30.3 Å². The van der Waals surface area contributed by atoms with Gasteiger partial charge >= 0.3 is 0 Å². The predicted octanol–water partition coefficient (Wildman–Crippen LogP) is 4.52. The fourth-order valence-corrected chi connectivity index (χ4v) is 5.89. The molecule has 0 amide bonds. The summed E-state index contributed by atoms with van der Waals surface area (Å²) in [5, 5.41) is 18.8. The summed E-state index contributed by atoms with van der Waals surface area (Å²) >= 11 is 6.30. The highest BCUT2D eigenvalue weighted by Gasteiger charge is 2.36. The maximum Gasteiger partial charge on any atom is 0.137 e. The van der Waals surface area contributed by atoms with Crippen LogP contribution in [-0.4, -0.2) is 73.5 Å². The summed E-state index contributed by atoms with van der Waals surface area (Å²) in [6.07, 6.45) is 2.85. The number of para-hydroxylation sites is 1. The van der Waals surface area contributed by atoms with Gasteiger partial charge in [0.2, 0.25) is 0 Å². The van der Waals surface area contributed by atoms with Crippen molar-refractivity contribution in [2.45, 2.75) is 18.7 Å². The number of fused-ring (bicyclic) bond motifs is 3. The molecule has 1 saturated heterocycles. The molecule has 1 atom stereocenters. The summed E-state index contributed by atoms with van der Waals surface area (Å²) in [6.45, 7) is 4.96. The Kier molecular flexibility index (Phi) is 7.07. The van der Waals surface area contributed by atoms with Crippen molar-refractivity contribution in [3.8, 4) is 0 Å². The Morgan fingerprint density at radius 2 is 1.62 bits per heavy atom. The number of hydrogen-bond donors (Lipinski definition) is 1. The van der Waals surface area contributed by atoms with Crippen LogP contribution in [0.3, 0.4) is 0 Å². The molecule has 202 valence electrons. The normalized spacial score (nSPS) is 16.7. The number of nitrogens with zero attached hydrogens (tertiary/aromatic N) is 6. The third-order valence-corrected chi connectivity index (χ3v) is 7.88. The van der Waals surface area contributed by atoms with Crippen LogP contribution >= 0.6 is 11.6 Å². The highest BCUT2D eigenvalue weighted by atomic mass is 35.5. The first-order valence-electron chi connectivity index (χ1n) is 13.0. The maximum absolute atomic E-state index is 14.8. The molecule has 2 aromatic heterocycles. The Balaban J connectivity index is 1.14. The van der Waals surface area contributed by atoms with E-state index in [1.54, 1.807) is 0 Å². The molecule has 0 saturated carbocycles. The molecule has 1 aliphatic heterocycles. The summed E-state index contributed by atoms with van der Waals surface area (Å²) in [4.78, 5) is 8.46. The Labute approximate surface area is 229 Å². The fourth-order valence-electron chi connectivity index (χ4n) is 5.72. The van der Waals surface area contributed by atoms with Crippen LogP contribution in [0.25, 0.3) is 21.8 Å². The number of β-amino-alcohol motifs (C(OH)–C–C–N with tert-alkyl or cyclic N) is 1. The number of benzene rings is 3. The highest BCUT2D eigenvalue weighted by Crippen LogP contribution is 2.31. The van der Waals surface area contributed by atoms with Gasteiger partial charge in [0.15, 0.2) is 0 Å². The highest BCUT2D eigenvalue weighted by molar-refractivity contribution is 6.31. The van der Waals surface area contributed by atoms with Crippen molar-refractivity contribution in [3.63, 3.8) is 0 Å². The summed E-state index contributed by atoms with van der Waals surface area (Å²) in [6, 6.07) is 17.7. The number of aliphatic hydroxyl groups is 1. The van der Waals surface area contributed by atoms with E-state index < -0.39 is 17.2 Å². The van der Waals surface area contributed by atoms with Gasteiger partial charge in [-0.15, -0.1) is 0 Å². The van der Waals surface area contributed by atoms with Gasteiger partial charge in [-0.3, -0.25) is 9.80 Å². The van der Waals surface area contributed by atoms with E-state index in [0.29, 0.717) is 13.1 Å². The Morgan fingerprint density at radius 1 is 0.846 bits per heavy atom. The van der Waals surface area contributed by atoms with Gasteiger partial charge in [-0.1, -0.05) is 35.9 Å². The van der Waals surface area contributed by atoms with E-state index in [9.17, 15) is 13.9 Å². The van der Waals surface area contributed by atoms with Crippen molar-refractivity contribution < 1.29 is 13.9 Å². The first-order valence-corrected chi connectivity index (χ1v) is 13.4.